The zero-order chi connectivity index (χ0) is 30.7. The fourth-order valence-electron chi connectivity index (χ4n) is 6.82. The van der Waals surface area contributed by atoms with Crippen molar-refractivity contribution in [1.29, 1.82) is 0 Å². The van der Waals surface area contributed by atoms with E-state index in [1.165, 1.54) is 81.7 Å². The van der Waals surface area contributed by atoms with Gasteiger partial charge in [-0.25, -0.2) is 4.57 Å². The summed E-state index contributed by atoms with van der Waals surface area (Å²) < 4.78 is 7.54. The normalized spacial score (nSPS) is 11.8. The van der Waals surface area contributed by atoms with Gasteiger partial charge in [-0.1, -0.05) is 111 Å². The Morgan fingerprint density at radius 2 is 1.36 bits per heavy atom. The smallest absolute Gasteiger partial charge is 0.225 e. The van der Waals surface area contributed by atoms with Crippen LogP contribution in [0.25, 0.3) is 70.5 Å². The Hall–Kier alpha value is -4.99. The molecule has 2 aromatic heterocycles. The lowest BCUT2D eigenvalue weighted by Crippen LogP contribution is -2.30. The maximum Gasteiger partial charge on any atom is 0.296 e. The molecule has 8 rings (SSSR count). The van der Waals surface area contributed by atoms with Crippen molar-refractivity contribution in [3.63, 3.8) is 0 Å². The molecular formula is C42H35N2S+. The minimum atomic E-state index is 0.439. The molecule has 6 aromatic carbocycles. The van der Waals surface area contributed by atoms with Gasteiger partial charge >= 0.3 is 0 Å². The molecule has 0 radical (unpaired) electrons. The summed E-state index contributed by atoms with van der Waals surface area (Å²) in [7, 11) is 2.22. The molecule has 0 aliphatic carbocycles. The molecule has 0 saturated heterocycles. The summed E-state index contributed by atoms with van der Waals surface area (Å²) >= 11 is 1.90. The van der Waals surface area contributed by atoms with Gasteiger partial charge in [-0.15, -0.1) is 11.3 Å². The molecule has 0 amide bonds. The van der Waals surface area contributed by atoms with Gasteiger partial charge in [-0.2, -0.15) is 4.57 Å². The van der Waals surface area contributed by atoms with Gasteiger partial charge in [0.25, 0.3) is 5.82 Å². The van der Waals surface area contributed by atoms with Gasteiger partial charge in [0, 0.05) is 21.0 Å². The molecule has 45 heavy (non-hydrogen) atoms. The average Bonchev–Trinajstić information content (AvgIpc) is 3.59. The predicted molar refractivity (Wildman–Crippen MR) is 192 cm³/mol. The van der Waals surface area contributed by atoms with E-state index in [0.29, 0.717) is 5.92 Å². The van der Waals surface area contributed by atoms with E-state index >= 15 is 0 Å². The molecule has 0 spiro atoms. The molecular weight excluding hydrogens is 565 g/mol. The standard InChI is InChI=1S/C42H35N2S/c1-27(2)31-20-23-36(34(25-31)30-15-9-6-10-16-30)44-38-18-12-11-17-37(38)43(4)42(44)40-28(3)19-22-33-35-26-32(29-13-7-5-8-14-29)21-24-39(35)45-41(33)40/h5-27H,1-4H3/q+1. The average molecular weight is 600 g/mol. The third-order valence-corrected chi connectivity index (χ3v) is 10.4. The molecule has 0 aliphatic rings. The van der Waals surface area contributed by atoms with Gasteiger partial charge in [0.2, 0.25) is 0 Å². The first kappa shape index (κ1) is 27.6. The SMILES string of the molecule is Cc1ccc2c(sc3ccc(-c4ccccc4)cc32)c1-c1n(-c2ccc(C(C)C)cc2-c2ccccc2)c2ccccc2[n+]1C. The van der Waals surface area contributed by atoms with Crippen molar-refractivity contribution in [2.75, 3.05) is 0 Å². The third kappa shape index (κ3) is 4.50. The first-order chi connectivity index (χ1) is 22.0. The van der Waals surface area contributed by atoms with Crippen LogP contribution in [-0.2, 0) is 7.05 Å². The summed E-state index contributed by atoms with van der Waals surface area (Å²) in [5.41, 5.74) is 12.5. The van der Waals surface area contributed by atoms with Gasteiger partial charge in [0.1, 0.15) is 5.69 Å². The maximum atomic E-state index is 2.50. The number of aromatic nitrogens is 2. The van der Waals surface area contributed by atoms with Crippen molar-refractivity contribution in [2.24, 2.45) is 7.05 Å². The van der Waals surface area contributed by atoms with Crippen LogP contribution in [-0.4, -0.2) is 4.57 Å². The van der Waals surface area contributed by atoms with Crippen LogP contribution in [0.5, 0.6) is 0 Å². The van der Waals surface area contributed by atoms with E-state index in [9.17, 15) is 0 Å². The van der Waals surface area contributed by atoms with Gasteiger partial charge in [-0.3, -0.25) is 0 Å². The Labute approximate surface area is 268 Å². The Morgan fingerprint density at radius 1 is 0.644 bits per heavy atom. The highest BCUT2D eigenvalue weighted by molar-refractivity contribution is 7.26. The molecule has 218 valence electrons. The second kappa shape index (κ2) is 10.9. The van der Waals surface area contributed by atoms with Crippen LogP contribution >= 0.6 is 11.3 Å². The molecule has 2 heterocycles. The minimum Gasteiger partial charge on any atom is -0.225 e. The summed E-state index contributed by atoms with van der Waals surface area (Å²) in [6.07, 6.45) is 0. The van der Waals surface area contributed by atoms with E-state index in [1.807, 2.05) is 11.3 Å². The number of nitrogens with zero attached hydrogens (tertiary/aromatic N) is 2. The lowest BCUT2D eigenvalue weighted by Gasteiger charge is -2.14. The molecule has 8 aromatic rings. The topological polar surface area (TPSA) is 8.81 Å². The number of benzene rings is 6. The summed E-state index contributed by atoms with van der Waals surface area (Å²) in [5.74, 6) is 1.64. The lowest BCUT2D eigenvalue weighted by atomic mass is 9.95. The van der Waals surface area contributed by atoms with Gasteiger partial charge in [0.15, 0.2) is 11.0 Å². The first-order valence-corrected chi connectivity index (χ1v) is 16.5. The number of fused-ring (bicyclic) bond motifs is 4. The molecule has 2 nitrogen and oxygen atoms in total. The van der Waals surface area contributed by atoms with Crippen molar-refractivity contribution in [3.8, 4) is 39.3 Å². The van der Waals surface area contributed by atoms with E-state index in [-0.39, 0.29) is 0 Å². The highest BCUT2D eigenvalue weighted by Crippen LogP contribution is 2.44. The van der Waals surface area contributed by atoms with Crippen LogP contribution < -0.4 is 4.57 Å². The fraction of sp³-hybridized carbons (Fsp3) is 0.119. The van der Waals surface area contributed by atoms with Gasteiger partial charge in [-0.05, 0) is 77.1 Å². The number of aryl methyl sites for hydroxylation is 2. The molecule has 0 N–H and O–H groups in total. The summed E-state index contributed by atoms with van der Waals surface area (Å²) in [6, 6.07) is 48.9. The Balaban J connectivity index is 1.46. The van der Waals surface area contributed by atoms with E-state index in [1.54, 1.807) is 0 Å². The van der Waals surface area contributed by atoms with Crippen LogP contribution in [0.3, 0.4) is 0 Å². The molecule has 0 aliphatic heterocycles. The van der Waals surface area contributed by atoms with E-state index in [0.717, 1.165) is 0 Å². The quantitative estimate of drug-likeness (QED) is 0.174. The summed E-state index contributed by atoms with van der Waals surface area (Å²) in [6.45, 7) is 6.81. The summed E-state index contributed by atoms with van der Waals surface area (Å²) in [5, 5.41) is 2.62. The molecule has 0 fully saturated rings. The lowest BCUT2D eigenvalue weighted by molar-refractivity contribution is -0.633. The predicted octanol–water partition coefficient (Wildman–Crippen LogP) is 11.3. The number of hydrogen-bond donors (Lipinski definition) is 0. The molecule has 0 unspecified atom stereocenters. The first-order valence-electron chi connectivity index (χ1n) is 15.7. The number of imidazole rings is 1. The van der Waals surface area contributed by atoms with E-state index in [2.05, 4.69) is 170 Å². The number of hydrogen-bond acceptors (Lipinski definition) is 1. The van der Waals surface area contributed by atoms with Crippen molar-refractivity contribution in [3.05, 3.63) is 145 Å². The Kier molecular flexibility index (Phi) is 6.65. The molecule has 0 saturated carbocycles. The molecule has 0 atom stereocenters. The van der Waals surface area contributed by atoms with Crippen molar-refractivity contribution >= 4 is 42.5 Å². The Morgan fingerprint density at radius 3 is 2.11 bits per heavy atom. The number of rotatable bonds is 5. The van der Waals surface area contributed by atoms with Crippen LogP contribution in [0, 0.1) is 6.92 Å². The molecule has 3 heteroatoms. The van der Waals surface area contributed by atoms with Crippen molar-refractivity contribution < 1.29 is 4.57 Å². The summed E-state index contributed by atoms with van der Waals surface area (Å²) in [4.78, 5) is 0. The Bertz CT molecular complexity index is 2360. The van der Waals surface area contributed by atoms with Crippen LogP contribution in [0.4, 0.5) is 0 Å². The molecule has 0 bridgehead atoms. The zero-order valence-corrected chi connectivity index (χ0v) is 26.9. The minimum absolute atomic E-state index is 0.439. The monoisotopic (exact) mass is 599 g/mol. The zero-order valence-electron chi connectivity index (χ0n) is 26.1. The van der Waals surface area contributed by atoms with Gasteiger partial charge in [0.05, 0.1) is 17.3 Å². The van der Waals surface area contributed by atoms with E-state index in [4.69, 9.17) is 0 Å². The largest absolute Gasteiger partial charge is 0.296 e. The van der Waals surface area contributed by atoms with Gasteiger partial charge < -0.3 is 0 Å². The fourth-order valence-corrected chi connectivity index (χ4v) is 8.10. The van der Waals surface area contributed by atoms with Crippen LogP contribution in [0.15, 0.2) is 133 Å². The number of thiophene rings is 1. The van der Waals surface area contributed by atoms with E-state index < -0.39 is 0 Å². The second-order valence-electron chi connectivity index (χ2n) is 12.3. The number of para-hydroxylation sites is 2. The van der Waals surface area contributed by atoms with Crippen molar-refractivity contribution in [2.45, 2.75) is 26.7 Å². The maximum absolute atomic E-state index is 2.50. The van der Waals surface area contributed by atoms with Crippen LogP contribution in [0.2, 0.25) is 0 Å². The third-order valence-electron chi connectivity index (χ3n) is 9.20. The van der Waals surface area contributed by atoms with Crippen LogP contribution in [0.1, 0.15) is 30.9 Å². The highest BCUT2D eigenvalue weighted by atomic mass is 32.1. The van der Waals surface area contributed by atoms with Crippen molar-refractivity contribution in [1.82, 2.24) is 4.57 Å². The highest BCUT2D eigenvalue weighted by Gasteiger charge is 2.31. The second-order valence-corrected chi connectivity index (χ2v) is 13.4.